The lowest BCUT2D eigenvalue weighted by Crippen LogP contribution is -2.25. The average molecular weight is 304 g/mol. The van der Waals surface area contributed by atoms with Gasteiger partial charge in [0.2, 0.25) is 10.0 Å². The molecule has 0 spiro atoms. The van der Waals surface area contributed by atoms with Crippen LogP contribution in [0, 0.1) is 19.8 Å². The first-order valence-corrected chi connectivity index (χ1v) is 8.51. The summed E-state index contributed by atoms with van der Waals surface area (Å²) < 4.78 is 26.8. The molecule has 0 saturated heterocycles. The molecule has 1 N–H and O–H groups in total. The van der Waals surface area contributed by atoms with Crippen LogP contribution in [0.2, 0.25) is 0 Å². The number of sulfonamides is 1. The molecule has 3 nitrogen and oxygen atoms in total. The van der Waals surface area contributed by atoms with Gasteiger partial charge >= 0.3 is 0 Å². The molecule has 0 saturated carbocycles. The van der Waals surface area contributed by atoms with Crippen LogP contribution in [0.25, 0.3) is 0 Å². The molecular weight excluding hydrogens is 282 g/mol. The number of halogens is 1. The van der Waals surface area contributed by atoms with Crippen LogP contribution in [-0.2, 0) is 10.0 Å². The van der Waals surface area contributed by atoms with Gasteiger partial charge in [0.15, 0.2) is 0 Å². The van der Waals surface area contributed by atoms with Crippen molar-refractivity contribution < 1.29 is 8.42 Å². The number of hydrogen-bond donors (Lipinski definition) is 1. The maximum absolute atomic E-state index is 12.1. The van der Waals surface area contributed by atoms with Crippen molar-refractivity contribution in [2.24, 2.45) is 5.92 Å². The van der Waals surface area contributed by atoms with Gasteiger partial charge in [-0.1, -0.05) is 13.0 Å². The van der Waals surface area contributed by atoms with Crippen LogP contribution in [0.4, 0.5) is 0 Å². The van der Waals surface area contributed by atoms with Crippen LogP contribution in [0.5, 0.6) is 0 Å². The molecule has 0 aliphatic rings. The minimum absolute atomic E-state index is 0.334. The van der Waals surface area contributed by atoms with Crippen LogP contribution >= 0.6 is 11.6 Å². The largest absolute Gasteiger partial charge is 0.240 e. The molecule has 1 atom stereocenters. The molecule has 0 bridgehead atoms. The van der Waals surface area contributed by atoms with Gasteiger partial charge in [0.05, 0.1) is 4.90 Å². The minimum atomic E-state index is -3.39. The summed E-state index contributed by atoms with van der Waals surface area (Å²) in [7, 11) is -3.39. The third-order valence-corrected chi connectivity index (χ3v) is 5.20. The fraction of sp³-hybridized carbons (Fsp3) is 0.571. The van der Waals surface area contributed by atoms with Gasteiger partial charge in [-0.15, -0.1) is 11.6 Å². The second-order valence-corrected chi connectivity index (χ2v) is 7.12. The van der Waals surface area contributed by atoms with Gasteiger partial charge in [-0.25, -0.2) is 13.1 Å². The molecular formula is C14H22ClNO2S. The van der Waals surface area contributed by atoms with Gasteiger partial charge in [-0.2, -0.15) is 0 Å². The third kappa shape index (κ3) is 5.13. The van der Waals surface area contributed by atoms with E-state index >= 15 is 0 Å². The Balaban J connectivity index is 2.58. The third-order valence-electron chi connectivity index (χ3n) is 3.22. The lowest BCUT2D eigenvalue weighted by molar-refractivity contribution is 0.543. The van der Waals surface area contributed by atoms with Crippen molar-refractivity contribution >= 4 is 21.6 Å². The minimum Gasteiger partial charge on any atom is -0.211 e. The van der Waals surface area contributed by atoms with Crippen molar-refractivity contribution in [3.8, 4) is 0 Å². The van der Waals surface area contributed by atoms with Crippen molar-refractivity contribution in [1.29, 1.82) is 0 Å². The number of aryl methyl sites for hydroxylation is 2. The van der Waals surface area contributed by atoms with Crippen LogP contribution in [0.3, 0.4) is 0 Å². The van der Waals surface area contributed by atoms with Crippen LogP contribution in [-0.4, -0.2) is 20.8 Å². The number of rotatable bonds is 7. The maximum Gasteiger partial charge on any atom is 0.240 e. The number of alkyl halides is 1. The second kappa shape index (κ2) is 7.27. The second-order valence-electron chi connectivity index (χ2n) is 5.05. The summed E-state index contributed by atoms with van der Waals surface area (Å²) in [5, 5.41) is 0. The molecule has 1 aromatic rings. The van der Waals surface area contributed by atoms with Crippen molar-refractivity contribution in [3.05, 3.63) is 29.3 Å². The maximum atomic E-state index is 12.1. The van der Waals surface area contributed by atoms with Gasteiger partial charge in [-0.3, -0.25) is 0 Å². The highest BCUT2D eigenvalue weighted by atomic mass is 35.5. The molecule has 1 aromatic carbocycles. The van der Waals surface area contributed by atoms with Crippen LogP contribution in [0.1, 0.15) is 30.9 Å². The molecule has 0 aliphatic heterocycles. The number of nitrogens with one attached hydrogen (secondary N) is 1. The Kier molecular flexibility index (Phi) is 6.30. The first kappa shape index (κ1) is 16.5. The Morgan fingerprint density at radius 3 is 2.53 bits per heavy atom. The van der Waals surface area contributed by atoms with Gasteiger partial charge in [-0.05, 0) is 55.9 Å². The average Bonchev–Trinajstić information content (AvgIpc) is 2.37. The summed E-state index contributed by atoms with van der Waals surface area (Å²) in [6, 6.07) is 5.19. The standard InChI is InChI=1S/C14H22ClNO2S/c1-11(10-15)5-4-8-16-19(17,18)14-7-6-12(2)13(3)9-14/h6-7,9,11,16H,4-5,8,10H2,1-3H3. The Morgan fingerprint density at radius 1 is 1.26 bits per heavy atom. The zero-order valence-electron chi connectivity index (χ0n) is 11.7. The molecule has 0 fully saturated rings. The summed E-state index contributed by atoms with van der Waals surface area (Å²) in [6.45, 7) is 6.39. The van der Waals surface area contributed by atoms with E-state index in [4.69, 9.17) is 11.6 Å². The molecule has 0 aromatic heterocycles. The molecule has 0 radical (unpaired) electrons. The monoisotopic (exact) mass is 303 g/mol. The van der Waals surface area contributed by atoms with Crippen molar-refractivity contribution in [1.82, 2.24) is 4.72 Å². The van der Waals surface area contributed by atoms with Gasteiger partial charge < -0.3 is 0 Å². The summed E-state index contributed by atoms with van der Waals surface area (Å²) in [5.41, 5.74) is 2.08. The fourth-order valence-electron chi connectivity index (χ4n) is 1.70. The zero-order chi connectivity index (χ0) is 14.5. The van der Waals surface area contributed by atoms with E-state index in [9.17, 15) is 8.42 Å². The Hall–Kier alpha value is -0.580. The highest BCUT2D eigenvalue weighted by molar-refractivity contribution is 7.89. The Bertz CT molecular complexity index is 514. The lowest BCUT2D eigenvalue weighted by atomic mass is 10.1. The van der Waals surface area contributed by atoms with Crippen molar-refractivity contribution in [2.45, 2.75) is 38.5 Å². The van der Waals surface area contributed by atoms with Gasteiger partial charge in [0.25, 0.3) is 0 Å². The zero-order valence-corrected chi connectivity index (χ0v) is 13.3. The van der Waals surface area contributed by atoms with Crippen LogP contribution < -0.4 is 4.72 Å². The predicted octanol–water partition coefficient (Wildman–Crippen LogP) is 3.24. The molecule has 1 rings (SSSR count). The Labute approximate surface area is 121 Å². The van der Waals surface area contributed by atoms with Crippen molar-refractivity contribution in [3.63, 3.8) is 0 Å². The van der Waals surface area contributed by atoms with E-state index in [1.54, 1.807) is 12.1 Å². The Morgan fingerprint density at radius 2 is 1.95 bits per heavy atom. The lowest BCUT2D eigenvalue weighted by Gasteiger charge is -2.10. The van der Waals surface area contributed by atoms with Crippen LogP contribution in [0.15, 0.2) is 23.1 Å². The normalized spacial score (nSPS) is 13.5. The van der Waals surface area contributed by atoms with E-state index in [-0.39, 0.29) is 0 Å². The molecule has 5 heteroatoms. The first-order chi connectivity index (χ1) is 8.86. The summed E-state index contributed by atoms with van der Waals surface area (Å²) in [4.78, 5) is 0.334. The molecule has 1 unspecified atom stereocenters. The molecule has 19 heavy (non-hydrogen) atoms. The summed E-state index contributed by atoms with van der Waals surface area (Å²) in [5.74, 6) is 1.04. The smallest absolute Gasteiger partial charge is 0.211 e. The molecule has 0 aliphatic carbocycles. The highest BCUT2D eigenvalue weighted by Crippen LogP contribution is 2.14. The van der Waals surface area contributed by atoms with E-state index in [0.717, 1.165) is 24.0 Å². The summed E-state index contributed by atoms with van der Waals surface area (Å²) >= 11 is 5.71. The number of benzene rings is 1. The van der Waals surface area contributed by atoms with E-state index in [1.807, 2.05) is 19.9 Å². The number of hydrogen-bond acceptors (Lipinski definition) is 2. The molecule has 108 valence electrons. The van der Waals surface area contributed by atoms with E-state index in [0.29, 0.717) is 23.2 Å². The SMILES string of the molecule is Cc1ccc(S(=O)(=O)NCCCC(C)CCl)cc1C. The predicted molar refractivity (Wildman–Crippen MR) is 80.2 cm³/mol. The van der Waals surface area contributed by atoms with E-state index in [2.05, 4.69) is 11.6 Å². The topological polar surface area (TPSA) is 46.2 Å². The van der Waals surface area contributed by atoms with E-state index in [1.165, 1.54) is 0 Å². The van der Waals surface area contributed by atoms with Gasteiger partial charge in [0.1, 0.15) is 0 Å². The van der Waals surface area contributed by atoms with Gasteiger partial charge in [0, 0.05) is 12.4 Å². The first-order valence-electron chi connectivity index (χ1n) is 6.49. The highest BCUT2D eigenvalue weighted by Gasteiger charge is 2.13. The van der Waals surface area contributed by atoms with Crippen molar-refractivity contribution in [2.75, 3.05) is 12.4 Å². The fourth-order valence-corrected chi connectivity index (χ4v) is 3.01. The summed E-state index contributed by atoms with van der Waals surface area (Å²) in [6.07, 6.45) is 1.73. The molecule has 0 amide bonds. The van der Waals surface area contributed by atoms with E-state index < -0.39 is 10.0 Å². The molecule has 0 heterocycles. The quantitative estimate of drug-likeness (QED) is 0.621.